The summed E-state index contributed by atoms with van der Waals surface area (Å²) in [5, 5.41) is 3.13. The third-order valence-corrected chi connectivity index (χ3v) is 3.57. The largest absolute Gasteiger partial charge is 0.493 e. The summed E-state index contributed by atoms with van der Waals surface area (Å²) in [4.78, 5) is 0. The standard InChI is InChI=1S/C18H23NO2/c1-13-5-6-16(9-14(13)2)12-21-17-8-7-15(11-19-3)10-18(17)20-4/h5-10,19H,11-12H2,1-4H3. The van der Waals surface area contributed by atoms with Gasteiger partial charge in [-0.1, -0.05) is 24.3 Å². The molecule has 0 aliphatic rings. The molecule has 2 aromatic rings. The van der Waals surface area contributed by atoms with Crippen molar-refractivity contribution in [2.45, 2.75) is 27.0 Å². The number of methoxy groups -OCH3 is 1. The normalized spacial score (nSPS) is 10.5. The first kappa shape index (κ1) is 15.4. The lowest BCUT2D eigenvalue weighted by molar-refractivity contribution is 0.284. The van der Waals surface area contributed by atoms with Gasteiger partial charge >= 0.3 is 0 Å². The van der Waals surface area contributed by atoms with Crippen LogP contribution in [0.3, 0.4) is 0 Å². The van der Waals surface area contributed by atoms with E-state index in [-0.39, 0.29) is 0 Å². The minimum Gasteiger partial charge on any atom is -0.493 e. The number of hydrogen-bond donors (Lipinski definition) is 1. The molecule has 0 unspecified atom stereocenters. The van der Waals surface area contributed by atoms with E-state index in [0.29, 0.717) is 6.61 Å². The minimum atomic E-state index is 0.544. The highest BCUT2D eigenvalue weighted by molar-refractivity contribution is 5.43. The molecular formula is C18H23NO2. The number of benzene rings is 2. The van der Waals surface area contributed by atoms with Crippen LogP contribution in [-0.4, -0.2) is 14.2 Å². The molecule has 0 radical (unpaired) electrons. The maximum absolute atomic E-state index is 5.90. The van der Waals surface area contributed by atoms with Gasteiger partial charge in [-0.25, -0.2) is 0 Å². The average molecular weight is 285 g/mol. The summed E-state index contributed by atoms with van der Waals surface area (Å²) >= 11 is 0. The molecule has 2 rings (SSSR count). The van der Waals surface area contributed by atoms with Crippen LogP contribution < -0.4 is 14.8 Å². The van der Waals surface area contributed by atoms with Gasteiger partial charge < -0.3 is 14.8 Å². The Balaban J connectivity index is 2.10. The Labute approximate surface area is 126 Å². The number of ether oxygens (including phenoxy) is 2. The molecule has 0 spiro atoms. The summed E-state index contributed by atoms with van der Waals surface area (Å²) in [7, 11) is 3.60. The third kappa shape index (κ3) is 3.99. The summed E-state index contributed by atoms with van der Waals surface area (Å²) in [6.45, 7) is 5.59. The smallest absolute Gasteiger partial charge is 0.161 e. The van der Waals surface area contributed by atoms with Crippen molar-refractivity contribution < 1.29 is 9.47 Å². The Bertz CT molecular complexity index is 608. The molecule has 0 heterocycles. The van der Waals surface area contributed by atoms with E-state index in [1.807, 2.05) is 19.2 Å². The van der Waals surface area contributed by atoms with Crippen LogP contribution in [0, 0.1) is 13.8 Å². The Morgan fingerprint density at radius 3 is 2.33 bits per heavy atom. The van der Waals surface area contributed by atoms with Crippen molar-refractivity contribution in [2.75, 3.05) is 14.2 Å². The van der Waals surface area contributed by atoms with Gasteiger partial charge in [0.05, 0.1) is 7.11 Å². The Morgan fingerprint density at radius 1 is 0.905 bits per heavy atom. The van der Waals surface area contributed by atoms with Gasteiger partial charge in [-0.05, 0) is 55.3 Å². The molecule has 0 saturated heterocycles. The van der Waals surface area contributed by atoms with Crippen molar-refractivity contribution in [2.24, 2.45) is 0 Å². The molecule has 2 aromatic carbocycles. The molecule has 21 heavy (non-hydrogen) atoms. The first-order chi connectivity index (χ1) is 10.1. The Kier molecular flexibility index (Phi) is 5.23. The summed E-state index contributed by atoms with van der Waals surface area (Å²) in [6, 6.07) is 12.4. The van der Waals surface area contributed by atoms with E-state index in [2.05, 4.69) is 43.4 Å². The van der Waals surface area contributed by atoms with Gasteiger partial charge in [-0.15, -0.1) is 0 Å². The zero-order valence-corrected chi connectivity index (χ0v) is 13.2. The monoisotopic (exact) mass is 285 g/mol. The van der Waals surface area contributed by atoms with Crippen molar-refractivity contribution in [3.8, 4) is 11.5 Å². The van der Waals surface area contributed by atoms with Gasteiger partial charge in [-0.3, -0.25) is 0 Å². The SMILES string of the molecule is CNCc1ccc(OCc2ccc(C)c(C)c2)c(OC)c1. The summed E-state index contributed by atoms with van der Waals surface area (Å²) in [5.74, 6) is 1.54. The molecular weight excluding hydrogens is 262 g/mol. The van der Waals surface area contributed by atoms with E-state index in [1.54, 1.807) is 7.11 Å². The second-order valence-corrected chi connectivity index (χ2v) is 5.22. The van der Waals surface area contributed by atoms with Crippen molar-refractivity contribution in [1.82, 2.24) is 5.32 Å². The molecule has 0 aliphatic heterocycles. The van der Waals surface area contributed by atoms with Crippen LogP contribution in [0.25, 0.3) is 0 Å². The van der Waals surface area contributed by atoms with Gasteiger partial charge in [0.15, 0.2) is 11.5 Å². The number of nitrogens with one attached hydrogen (secondary N) is 1. The van der Waals surface area contributed by atoms with Crippen molar-refractivity contribution in [1.29, 1.82) is 0 Å². The second kappa shape index (κ2) is 7.14. The number of rotatable bonds is 6. The molecule has 0 aromatic heterocycles. The number of aryl methyl sites for hydroxylation is 2. The molecule has 0 saturated carbocycles. The molecule has 112 valence electrons. The first-order valence-electron chi connectivity index (χ1n) is 7.14. The van der Waals surface area contributed by atoms with Crippen LogP contribution in [0.15, 0.2) is 36.4 Å². The zero-order chi connectivity index (χ0) is 15.2. The molecule has 0 atom stereocenters. The molecule has 0 fully saturated rings. The van der Waals surface area contributed by atoms with Gasteiger partial charge in [0.1, 0.15) is 6.61 Å². The van der Waals surface area contributed by atoms with E-state index >= 15 is 0 Å². The lowest BCUT2D eigenvalue weighted by atomic mass is 10.1. The molecule has 3 nitrogen and oxygen atoms in total. The van der Waals surface area contributed by atoms with Gasteiger partial charge in [0.25, 0.3) is 0 Å². The lowest BCUT2D eigenvalue weighted by Gasteiger charge is -2.13. The van der Waals surface area contributed by atoms with E-state index in [0.717, 1.165) is 18.0 Å². The fourth-order valence-electron chi connectivity index (χ4n) is 2.20. The van der Waals surface area contributed by atoms with Crippen LogP contribution in [0.4, 0.5) is 0 Å². The van der Waals surface area contributed by atoms with E-state index < -0.39 is 0 Å². The predicted octanol–water partition coefficient (Wildman–Crippen LogP) is 3.61. The molecule has 0 amide bonds. The zero-order valence-electron chi connectivity index (χ0n) is 13.2. The fourth-order valence-corrected chi connectivity index (χ4v) is 2.20. The maximum atomic E-state index is 5.90. The van der Waals surface area contributed by atoms with E-state index in [9.17, 15) is 0 Å². The Hall–Kier alpha value is -2.00. The average Bonchev–Trinajstić information content (AvgIpc) is 2.49. The topological polar surface area (TPSA) is 30.5 Å². The van der Waals surface area contributed by atoms with Crippen LogP contribution >= 0.6 is 0 Å². The van der Waals surface area contributed by atoms with E-state index in [1.165, 1.54) is 22.3 Å². The van der Waals surface area contributed by atoms with Crippen LogP contribution in [0.2, 0.25) is 0 Å². The van der Waals surface area contributed by atoms with Gasteiger partial charge in [0, 0.05) is 6.54 Å². The first-order valence-corrected chi connectivity index (χ1v) is 7.14. The summed E-state index contributed by atoms with van der Waals surface area (Å²) in [6.07, 6.45) is 0. The Morgan fingerprint density at radius 2 is 1.67 bits per heavy atom. The highest BCUT2D eigenvalue weighted by Gasteiger charge is 2.06. The number of hydrogen-bond acceptors (Lipinski definition) is 3. The van der Waals surface area contributed by atoms with Crippen molar-refractivity contribution in [3.05, 3.63) is 58.7 Å². The minimum absolute atomic E-state index is 0.544. The van der Waals surface area contributed by atoms with E-state index in [4.69, 9.17) is 9.47 Å². The second-order valence-electron chi connectivity index (χ2n) is 5.22. The van der Waals surface area contributed by atoms with Crippen LogP contribution in [0.1, 0.15) is 22.3 Å². The fraction of sp³-hybridized carbons (Fsp3) is 0.333. The molecule has 0 aliphatic carbocycles. The maximum Gasteiger partial charge on any atom is 0.161 e. The highest BCUT2D eigenvalue weighted by atomic mass is 16.5. The molecule has 1 N–H and O–H groups in total. The summed E-state index contributed by atoms with van der Waals surface area (Å²) < 4.78 is 11.3. The van der Waals surface area contributed by atoms with Crippen molar-refractivity contribution in [3.63, 3.8) is 0 Å². The molecule has 0 bridgehead atoms. The lowest BCUT2D eigenvalue weighted by Crippen LogP contribution is -2.05. The third-order valence-electron chi connectivity index (χ3n) is 3.57. The van der Waals surface area contributed by atoms with Crippen LogP contribution in [-0.2, 0) is 13.2 Å². The van der Waals surface area contributed by atoms with Crippen LogP contribution in [0.5, 0.6) is 11.5 Å². The quantitative estimate of drug-likeness (QED) is 0.879. The van der Waals surface area contributed by atoms with Gasteiger partial charge in [0.2, 0.25) is 0 Å². The predicted molar refractivity (Wildman–Crippen MR) is 86.0 cm³/mol. The summed E-state index contributed by atoms with van der Waals surface area (Å²) in [5.41, 5.74) is 4.92. The van der Waals surface area contributed by atoms with Gasteiger partial charge in [-0.2, -0.15) is 0 Å². The van der Waals surface area contributed by atoms with Crippen molar-refractivity contribution >= 4 is 0 Å². The highest BCUT2D eigenvalue weighted by Crippen LogP contribution is 2.29. The molecule has 3 heteroatoms.